The highest BCUT2D eigenvalue weighted by molar-refractivity contribution is 5.81. The van der Waals surface area contributed by atoms with Gasteiger partial charge >= 0.3 is 0 Å². The maximum atomic E-state index is 12.1. The average molecular weight is 262 g/mol. The Hall–Kier alpha value is -2.15. The quantitative estimate of drug-likeness (QED) is 0.805. The van der Waals surface area contributed by atoms with Crippen LogP contribution in [0.5, 0.6) is 0 Å². The highest BCUT2D eigenvalue weighted by Crippen LogP contribution is 2.37. The third-order valence-corrected chi connectivity index (χ3v) is 4.09. The summed E-state index contributed by atoms with van der Waals surface area (Å²) in [6, 6.07) is 18.6. The fourth-order valence-electron chi connectivity index (χ4n) is 3.02. The maximum absolute atomic E-state index is 12.1. The van der Waals surface area contributed by atoms with Crippen molar-refractivity contribution < 1.29 is 4.79 Å². The zero-order valence-corrected chi connectivity index (χ0v) is 11.6. The van der Waals surface area contributed by atoms with Crippen molar-refractivity contribution in [1.29, 1.82) is 0 Å². The molecule has 1 heteroatoms. The van der Waals surface area contributed by atoms with Crippen molar-refractivity contribution in [2.24, 2.45) is 5.92 Å². The summed E-state index contributed by atoms with van der Waals surface area (Å²) in [7, 11) is 0. The van der Waals surface area contributed by atoms with Gasteiger partial charge in [0.25, 0.3) is 0 Å². The van der Waals surface area contributed by atoms with Crippen molar-refractivity contribution in [3.63, 3.8) is 0 Å². The largest absolute Gasteiger partial charge is 0.300 e. The monoisotopic (exact) mass is 262 g/mol. The number of ketones is 1. The van der Waals surface area contributed by atoms with Crippen molar-refractivity contribution in [3.05, 3.63) is 77.4 Å². The fraction of sp³-hybridized carbons (Fsp3) is 0.211. The zero-order chi connectivity index (χ0) is 13.9. The Labute approximate surface area is 120 Å². The molecule has 0 heterocycles. The highest BCUT2D eigenvalue weighted by atomic mass is 16.1. The van der Waals surface area contributed by atoms with Crippen molar-refractivity contribution in [2.75, 3.05) is 0 Å². The number of carbonyl (C=O) groups is 1. The molecule has 2 atom stereocenters. The van der Waals surface area contributed by atoms with Crippen molar-refractivity contribution in [2.45, 2.75) is 19.3 Å². The van der Waals surface area contributed by atoms with Gasteiger partial charge in [0.1, 0.15) is 5.78 Å². The van der Waals surface area contributed by atoms with Gasteiger partial charge in [-0.1, -0.05) is 66.7 Å². The van der Waals surface area contributed by atoms with Gasteiger partial charge in [-0.25, -0.2) is 0 Å². The van der Waals surface area contributed by atoms with Crippen LogP contribution in [0, 0.1) is 5.92 Å². The first kappa shape index (κ1) is 12.9. The number of Topliss-reactive ketones (excluding diaryl/α,β-unsaturated/α-hetero) is 1. The number of allylic oxidation sites excluding steroid dienone is 1. The molecule has 0 fully saturated rings. The summed E-state index contributed by atoms with van der Waals surface area (Å²) in [4.78, 5) is 12.1. The molecule has 2 unspecified atom stereocenters. The number of carbonyl (C=O) groups excluding carboxylic acids is 1. The molecule has 0 N–H and O–H groups in total. The van der Waals surface area contributed by atoms with Gasteiger partial charge in [-0.3, -0.25) is 4.79 Å². The molecular formula is C19H18O. The highest BCUT2D eigenvalue weighted by Gasteiger charge is 2.29. The third kappa shape index (κ3) is 2.44. The van der Waals surface area contributed by atoms with Crippen LogP contribution < -0.4 is 0 Å². The predicted molar refractivity (Wildman–Crippen MR) is 82.5 cm³/mol. The molecule has 0 spiro atoms. The van der Waals surface area contributed by atoms with E-state index in [1.54, 1.807) is 6.92 Å². The standard InChI is InChI=1S/C19H18O/c1-14(20)19(13-15-7-3-2-4-8-15)18-12-11-16-9-5-6-10-17(16)18/h2-12,18-19H,13H2,1H3. The summed E-state index contributed by atoms with van der Waals surface area (Å²) in [5.74, 6) is 0.501. The number of hydrogen-bond acceptors (Lipinski definition) is 1. The Kier molecular flexibility index (Phi) is 3.51. The Morgan fingerprint density at radius 1 is 1.05 bits per heavy atom. The third-order valence-electron chi connectivity index (χ3n) is 4.09. The molecule has 0 amide bonds. The lowest BCUT2D eigenvalue weighted by molar-refractivity contribution is -0.121. The fourth-order valence-corrected chi connectivity index (χ4v) is 3.02. The SMILES string of the molecule is CC(=O)C(Cc1ccccc1)C1C=Cc2ccccc21. The van der Waals surface area contributed by atoms with Crippen LogP contribution >= 0.6 is 0 Å². The van der Waals surface area contributed by atoms with E-state index in [2.05, 4.69) is 42.5 Å². The minimum absolute atomic E-state index is 0.0253. The van der Waals surface area contributed by atoms with E-state index in [0.717, 1.165) is 6.42 Å². The van der Waals surface area contributed by atoms with Crippen molar-refractivity contribution in [1.82, 2.24) is 0 Å². The van der Waals surface area contributed by atoms with E-state index in [9.17, 15) is 4.79 Å². The van der Waals surface area contributed by atoms with Gasteiger partial charge in [0.05, 0.1) is 0 Å². The first-order chi connectivity index (χ1) is 9.75. The molecule has 0 bridgehead atoms. The zero-order valence-electron chi connectivity index (χ0n) is 11.6. The van der Waals surface area contributed by atoms with E-state index in [4.69, 9.17) is 0 Å². The predicted octanol–water partition coefficient (Wildman–Crippen LogP) is 4.24. The van der Waals surface area contributed by atoms with Crippen LogP contribution in [-0.4, -0.2) is 5.78 Å². The molecule has 20 heavy (non-hydrogen) atoms. The molecule has 100 valence electrons. The summed E-state index contributed by atoms with van der Waals surface area (Å²) in [5.41, 5.74) is 3.76. The normalized spacial score (nSPS) is 17.8. The van der Waals surface area contributed by atoms with E-state index in [1.807, 2.05) is 24.3 Å². The molecule has 0 radical (unpaired) electrons. The van der Waals surface area contributed by atoms with Crippen LogP contribution in [0.25, 0.3) is 6.08 Å². The molecule has 1 aliphatic carbocycles. The summed E-state index contributed by atoms with van der Waals surface area (Å²) >= 11 is 0. The smallest absolute Gasteiger partial charge is 0.134 e. The van der Waals surface area contributed by atoms with Crippen LogP contribution in [0.3, 0.4) is 0 Å². The van der Waals surface area contributed by atoms with Gasteiger partial charge in [0.15, 0.2) is 0 Å². The minimum atomic E-state index is 0.0253. The van der Waals surface area contributed by atoms with Gasteiger partial charge in [0.2, 0.25) is 0 Å². The lowest BCUT2D eigenvalue weighted by Crippen LogP contribution is -2.20. The second kappa shape index (κ2) is 5.46. The lowest BCUT2D eigenvalue weighted by Gasteiger charge is -2.21. The van der Waals surface area contributed by atoms with E-state index < -0.39 is 0 Å². The molecule has 1 nitrogen and oxygen atoms in total. The molecular weight excluding hydrogens is 244 g/mol. The van der Waals surface area contributed by atoms with Gasteiger partial charge < -0.3 is 0 Å². The van der Waals surface area contributed by atoms with Gasteiger partial charge in [-0.2, -0.15) is 0 Å². The Morgan fingerprint density at radius 3 is 2.50 bits per heavy atom. The van der Waals surface area contributed by atoms with Crippen LogP contribution in [0.1, 0.15) is 29.5 Å². The Bertz CT molecular complexity index is 640. The summed E-state index contributed by atoms with van der Waals surface area (Å²) in [6.07, 6.45) is 5.13. The second-order valence-electron chi connectivity index (χ2n) is 5.42. The number of hydrogen-bond donors (Lipinski definition) is 0. The number of rotatable bonds is 4. The lowest BCUT2D eigenvalue weighted by atomic mass is 9.81. The van der Waals surface area contributed by atoms with Crippen molar-refractivity contribution >= 4 is 11.9 Å². The van der Waals surface area contributed by atoms with Gasteiger partial charge in [-0.05, 0) is 30.0 Å². The van der Waals surface area contributed by atoms with Crippen LogP contribution in [0.2, 0.25) is 0 Å². The van der Waals surface area contributed by atoms with E-state index in [1.165, 1.54) is 16.7 Å². The summed E-state index contributed by atoms with van der Waals surface area (Å²) < 4.78 is 0. The molecule has 2 aromatic rings. The molecule has 0 saturated carbocycles. The number of benzene rings is 2. The van der Waals surface area contributed by atoms with E-state index in [-0.39, 0.29) is 17.6 Å². The van der Waals surface area contributed by atoms with E-state index in [0.29, 0.717) is 0 Å². The van der Waals surface area contributed by atoms with Gasteiger partial charge in [-0.15, -0.1) is 0 Å². The molecule has 3 rings (SSSR count). The second-order valence-corrected chi connectivity index (χ2v) is 5.42. The molecule has 0 aromatic heterocycles. The molecule has 1 aliphatic rings. The summed E-state index contributed by atoms with van der Waals surface area (Å²) in [6.45, 7) is 1.71. The Balaban J connectivity index is 1.90. The molecule has 2 aromatic carbocycles. The first-order valence-corrected chi connectivity index (χ1v) is 7.07. The number of fused-ring (bicyclic) bond motifs is 1. The van der Waals surface area contributed by atoms with Crippen molar-refractivity contribution in [3.8, 4) is 0 Å². The topological polar surface area (TPSA) is 17.1 Å². The van der Waals surface area contributed by atoms with Crippen LogP contribution in [0.4, 0.5) is 0 Å². The molecule has 0 aliphatic heterocycles. The maximum Gasteiger partial charge on any atom is 0.134 e. The summed E-state index contributed by atoms with van der Waals surface area (Å²) in [5, 5.41) is 0. The van der Waals surface area contributed by atoms with E-state index >= 15 is 0 Å². The first-order valence-electron chi connectivity index (χ1n) is 7.07. The minimum Gasteiger partial charge on any atom is -0.300 e. The van der Waals surface area contributed by atoms with Crippen LogP contribution in [-0.2, 0) is 11.2 Å². The van der Waals surface area contributed by atoms with Gasteiger partial charge in [0, 0.05) is 11.8 Å². The molecule has 0 saturated heterocycles. The Morgan fingerprint density at radius 2 is 1.75 bits per heavy atom. The van der Waals surface area contributed by atoms with Crippen LogP contribution in [0.15, 0.2) is 60.7 Å². The average Bonchev–Trinajstić information content (AvgIpc) is 2.89.